The number of nitrogens with one attached hydrogen (secondary N) is 1. The van der Waals surface area contributed by atoms with Crippen molar-refractivity contribution in [1.29, 1.82) is 5.26 Å². The number of nitrogens with zero attached hydrogens (tertiary/aromatic N) is 4. The lowest BCUT2D eigenvalue weighted by molar-refractivity contribution is -0.119. The predicted molar refractivity (Wildman–Crippen MR) is 146 cm³/mol. The number of aromatic nitrogens is 1. The molecule has 0 saturated heterocycles. The molecule has 7 nitrogen and oxygen atoms in total. The van der Waals surface area contributed by atoms with Crippen molar-refractivity contribution in [3.63, 3.8) is 0 Å². The fraction of sp³-hybridized carbons (Fsp3) is 0.194. The highest BCUT2D eigenvalue weighted by molar-refractivity contribution is 6.01. The monoisotopic (exact) mass is 501 g/mol. The summed E-state index contributed by atoms with van der Waals surface area (Å²) in [5, 5.41) is 12.1. The van der Waals surface area contributed by atoms with Crippen LogP contribution in [-0.4, -0.2) is 34.0 Å². The number of benzene rings is 3. The summed E-state index contributed by atoms with van der Waals surface area (Å²) in [5.41, 5.74) is 5.87. The Bertz CT molecular complexity index is 1580. The number of carbonyl (C=O) groups is 2. The van der Waals surface area contributed by atoms with Crippen molar-refractivity contribution in [2.75, 3.05) is 16.8 Å². The molecule has 1 aliphatic heterocycles. The van der Waals surface area contributed by atoms with Crippen LogP contribution in [0.2, 0.25) is 0 Å². The lowest BCUT2D eigenvalue weighted by Gasteiger charge is -2.39. The Balaban J connectivity index is 1.35. The van der Waals surface area contributed by atoms with Gasteiger partial charge in [0.1, 0.15) is 12.6 Å². The number of fused-ring (bicyclic) bond motifs is 3. The van der Waals surface area contributed by atoms with Gasteiger partial charge in [0.05, 0.1) is 28.7 Å². The second-order valence-corrected chi connectivity index (χ2v) is 9.85. The SMILES string of the molecule is Cc1cccc(C2c3cccn3-c3ccccc3N2C(=O)CN(C(=O)Nc2cccc(C#N)c2)C2CC2)c1. The third-order valence-corrected chi connectivity index (χ3v) is 7.14. The van der Waals surface area contributed by atoms with Crippen molar-refractivity contribution in [3.05, 3.63) is 114 Å². The van der Waals surface area contributed by atoms with Crippen LogP contribution in [0.4, 0.5) is 16.2 Å². The van der Waals surface area contributed by atoms with Gasteiger partial charge >= 0.3 is 6.03 Å². The smallest absolute Gasteiger partial charge is 0.316 e. The maximum atomic E-state index is 14.2. The van der Waals surface area contributed by atoms with E-state index in [2.05, 4.69) is 34.2 Å². The van der Waals surface area contributed by atoms with Crippen molar-refractivity contribution >= 4 is 23.3 Å². The molecule has 1 saturated carbocycles. The molecule has 2 aliphatic rings. The number of nitriles is 1. The molecule has 1 N–H and O–H groups in total. The molecule has 1 aromatic heterocycles. The molecular weight excluding hydrogens is 474 g/mol. The zero-order chi connectivity index (χ0) is 26.2. The summed E-state index contributed by atoms with van der Waals surface area (Å²) >= 11 is 0. The highest BCUT2D eigenvalue weighted by Gasteiger charge is 2.40. The van der Waals surface area contributed by atoms with Gasteiger partial charge < -0.3 is 14.8 Å². The molecule has 1 fully saturated rings. The number of para-hydroxylation sites is 2. The summed E-state index contributed by atoms with van der Waals surface area (Å²) < 4.78 is 2.14. The predicted octanol–water partition coefficient (Wildman–Crippen LogP) is 5.79. The molecule has 0 spiro atoms. The lowest BCUT2D eigenvalue weighted by Crippen LogP contribution is -2.48. The Morgan fingerprint density at radius 1 is 0.974 bits per heavy atom. The highest BCUT2D eigenvalue weighted by Crippen LogP contribution is 2.42. The van der Waals surface area contributed by atoms with Crippen LogP contribution in [0.5, 0.6) is 0 Å². The van der Waals surface area contributed by atoms with Gasteiger partial charge in [-0.1, -0.05) is 48.0 Å². The minimum atomic E-state index is -0.336. The highest BCUT2D eigenvalue weighted by atomic mass is 16.2. The van der Waals surface area contributed by atoms with Crippen molar-refractivity contribution in [3.8, 4) is 11.8 Å². The molecular formula is C31H27N5O2. The molecule has 1 aliphatic carbocycles. The Morgan fingerprint density at radius 3 is 2.53 bits per heavy atom. The minimum Gasteiger partial charge on any atom is -0.316 e. The van der Waals surface area contributed by atoms with Gasteiger partial charge in [-0.15, -0.1) is 0 Å². The summed E-state index contributed by atoms with van der Waals surface area (Å²) in [6, 6.07) is 28.4. The van der Waals surface area contributed by atoms with Crippen LogP contribution < -0.4 is 10.2 Å². The number of aryl methyl sites for hydroxylation is 1. The normalized spacial score (nSPS) is 15.7. The molecule has 1 atom stereocenters. The summed E-state index contributed by atoms with van der Waals surface area (Å²) in [6.45, 7) is 2.00. The fourth-order valence-electron chi connectivity index (χ4n) is 5.25. The van der Waals surface area contributed by atoms with Crippen molar-refractivity contribution < 1.29 is 9.59 Å². The van der Waals surface area contributed by atoms with E-state index in [-0.39, 0.29) is 30.6 Å². The molecule has 188 valence electrons. The minimum absolute atomic E-state index is 0.0133. The van der Waals surface area contributed by atoms with Gasteiger partial charge in [-0.3, -0.25) is 9.69 Å². The van der Waals surface area contributed by atoms with Crippen molar-refractivity contribution in [1.82, 2.24) is 9.47 Å². The number of hydrogen-bond acceptors (Lipinski definition) is 3. The van der Waals surface area contributed by atoms with E-state index in [1.54, 1.807) is 29.2 Å². The van der Waals surface area contributed by atoms with Gasteiger partial charge in [0, 0.05) is 17.9 Å². The molecule has 2 heterocycles. The fourth-order valence-corrected chi connectivity index (χ4v) is 5.25. The lowest BCUT2D eigenvalue weighted by atomic mass is 9.96. The number of anilines is 2. The van der Waals surface area contributed by atoms with Gasteiger partial charge in [0.15, 0.2) is 0 Å². The van der Waals surface area contributed by atoms with Crippen LogP contribution in [-0.2, 0) is 4.79 Å². The van der Waals surface area contributed by atoms with Crippen LogP contribution >= 0.6 is 0 Å². The van der Waals surface area contributed by atoms with E-state index in [1.807, 2.05) is 60.5 Å². The number of amides is 3. The first-order valence-electron chi connectivity index (χ1n) is 12.8. The van der Waals surface area contributed by atoms with E-state index in [1.165, 1.54) is 0 Å². The number of urea groups is 1. The average molecular weight is 502 g/mol. The van der Waals surface area contributed by atoms with E-state index in [9.17, 15) is 14.9 Å². The number of hydrogen-bond donors (Lipinski definition) is 1. The van der Waals surface area contributed by atoms with E-state index in [0.717, 1.165) is 41.0 Å². The summed E-state index contributed by atoms with van der Waals surface area (Å²) in [7, 11) is 0. The van der Waals surface area contributed by atoms with Crippen LogP contribution in [0, 0.1) is 18.3 Å². The molecule has 38 heavy (non-hydrogen) atoms. The summed E-state index contributed by atoms with van der Waals surface area (Å²) in [4.78, 5) is 31.1. The topological polar surface area (TPSA) is 81.4 Å². The second-order valence-electron chi connectivity index (χ2n) is 9.85. The zero-order valence-corrected chi connectivity index (χ0v) is 21.0. The molecule has 4 aromatic rings. The van der Waals surface area contributed by atoms with Gasteiger partial charge in [-0.05, 0) is 67.8 Å². The van der Waals surface area contributed by atoms with Crippen LogP contribution in [0.3, 0.4) is 0 Å². The molecule has 0 radical (unpaired) electrons. The van der Waals surface area contributed by atoms with Crippen molar-refractivity contribution in [2.45, 2.75) is 31.8 Å². The standard InChI is InChI=1S/C31H27N5O2/c1-21-7-4-9-23(17-21)30-28-13-6-16-34(28)26-11-2-3-12-27(26)36(30)29(37)20-35(25-14-15-25)31(38)33-24-10-5-8-22(18-24)19-32/h2-13,16-18,25,30H,14-15,20H2,1H3,(H,33,38). The van der Waals surface area contributed by atoms with Gasteiger partial charge in [-0.25, -0.2) is 4.79 Å². The van der Waals surface area contributed by atoms with Gasteiger partial charge in [0.25, 0.3) is 0 Å². The third kappa shape index (κ3) is 4.31. The Kier molecular flexibility index (Phi) is 5.93. The molecule has 1 unspecified atom stereocenters. The van der Waals surface area contributed by atoms with E-state index in [4.69, 9.17) is 0 Å². The van der Waals surface area contributed by atoms with Crippen molar-refractivity contribution in [2.24, 2.45) is 0 Å². The quantitative estimate of drug-likeness (QED) is 0.376. The average Bonchev–Trinajstić information content (AvgIpc) is 3.65. The number of carbonyl (C=O) groups excluding carboxylic acids is 2. The summed E-state index contributed by atoms with van der Waals surface area (Å²) in [5.74, 6) is -0.149. The first-order valence-corrected chi connectivity index (χ1v) is 12.8. The van der Waals surface area contributed by atoms with Crippen LogP contribution in [0.25, 0.3) is 5.69 Å². The zero-order valence-electron chi connectivity index (χ0n) is 21.0. The van der Waals surface area contributed by atoms with Gasteiger partial charge in [-0.2, -0.15) is 5.26 Å². The Hall–Kier alpha value is -4.83. The molecule has 3 amide bonds. The first-order chi connectivity index (χ1) is 18.5. The first kappa shape index (κ1) is 23.6. The molecule has 3 aromatic carbocycles. The molecule has 0 bridgehead atoms. The Labute approximate surface area is 221 Å². The van der Waals surface area contributed by atoms with Crippen LogP contribution in [0.1, 0.15) is 41.3 Å². The van der Waals surface area contributed by atoms with Gasteiger partial charge in [0.2, 0.25) is 5.91 Å². The van der Waals surface area contributed by atoms with E-state index < -0.39 is 0 Å². The molecule has 7 heteroatoms. The maximum absolute atomic E-state index is 14.2. The summed E-state index contributed by atoms with van der Waals surface area (Å²) in [6.07, 6.45) is 3.75. The largest absolute Gasteiger partial charge is 0.322 e. The van der Waals surface area contributed by atoms with Crippen LogP contribution in [0.15, 0.2) is 91.1 Å². The molecule has 6 rings (SSSR count). The Morgan fingerprint density at radius 2 is 1.76 bits per heavy atom. The third-order valence-electron chi connectivity index (χ3n) is 7.14. The maximum Gasteiger partial charge on any atom is 0.322 e. The number of rotatable bonds is 5. The second kappa shape index (κ2) is 9.56. The van der Waals surface area contributed by atoms with E-state index >= 15 is 0 Å². The van der Waals surface area contributed by atoms with E-state index in [0.29, 0.717) is 11.3 Å².